The lowest BCUT2D eigenvalue weighted by Gasteiger charge is -2.21. The molecular weight excluding hydrogens is 244 g/mol. The fraction of sp³-hybridized carbons (Fsp3) is 0.500. The smallest absolute Gasteiger partial charge is 0.234 e. The van der Waals surface area contributed by atoms with E-state index >= 15 is 0 Å². The van der Waals surface area contributed by atoms with E-state index in [1.54, 1.807) is 0 Å². The van der Waals surface area contributed by atoms with E-state index in [2.05, 4.69) is 0 Å². The molecule has 0 bridgehead atoms. The maximum atomic E-state index is 11.3. The molecule has 0 radical (unpaired) electrons. The standard InChI is InChI=1S/C14H20N2O3/c1-10-2-4-12(5-3-10)19-7-6-16-9-11(17)8-13(16)14(15)18/h2-5,11,13,17H,6-9H2,1H3,(H2,15,18)/t11-,13-/m1/s1. The second-order valence-electron chi connectivity index (χ2n) is 4.96. The summed E-state index contributed by atoms with van der Waals surface area (Å²) in [4.78, 5) is 13.1. The van der Waals surface area contributed by atoms with Crippen LogP contribution in [0, 0.1) is 6.92 Å². The number of aliphatic hydroxyl groups excluding tert-OH is 1. The predicted octanol–water partition coefficient (Wildman–Crippen LogP) is 0.294. The zero-order valence-corrected chi connectivity index (χ0v) is 11.1. The minimum absolute atomic E-state index is 0.378. The average Bonchev–Trinajstić information content (AvgIpc) is 2.73. The molecule has 5 nitrogen and oxygen atoms in total. The Kier molecular flexibility index (Phi) is 4.39. The Morgan fingerprint density at radius 3 is 2.79 bits per heavy atom. The van der Waals surface area contributed by atoms with Crippen LogP contribution in [0.25, 0.3) is 0 Å². The number of nitrogens with zero attached hydrogens (tertiary/aromatic N) is 1. The Balaban J connectivity index is 1.81. The highest BCUT2D eigenvalue weighted by atomic mass is 16.5. The van der Waals surface area contributed by atoms with E-state index in [0.717, 1.165) is 5.75 Å². The second kappa shape index (κ2) is 6.04. The monoisotopic (exact) mass is 264 g/mol. The summed E-state index contributed by atoms with van der Waals surface area (Å²) in [6.45, 7) is 3.55. The van der Waals surface area contributed by atoms with Crippen LogP contribution in [0.4, 0.5) is 0 Å². The maximum Gasteiger partial charge on any atom is 0.234 e. The van der Waals surface area contributed by atoms with E-state index in [1.807, 2.05) is 36.1 Å². The third-order valence-electron chi connectivity index (χ3n) is 3.38. The van der Waals surface area contributed by atoms with Gasteiger partial charge in [-0.3, -0.25) is 9.69 Å². The number of β-amino-alcohol motifs (C(OH)–C–C–N with tert-alkyl or cyclic N) is 1. The molecule has 0 saturated carbocycles. The van der Waals surface area contributed by atoms with Crippen molar-refractivity contribution in [2.24, 2.45) is 5.73 Å². The molecular formula is C14H20N2O3. The third-order valence-corrected chi connectivity index (χ3v) is 3.38. The van der Waals surface area contributed by atoms with Crippen LogP contribution >= 0.6 is 0 Å². The highest BCUT2D eigenvalue weighted by Crippen LogP contribution is 2.17. The largest absolute Gasteiger partial charge is 0.492 e. The fourth-order valence-electron chi connectivity index (χ4n) is 2.34. The van der Waals surface area contributed by atoms with Gasteiger partial charge in [0.15, 0.2) is 0 Å². The van der Waals surface area contributed by atoms with E-state index in [9.17, 15) is 9.90 Å². The number of carbonyl (C=O) groups is 1. The van der Waals surface area contributed by atoms with Crippen LogP contribution < -0.4 is 10.5 Å². The van der Waals surface area contributed by atoms with Crippen LogP contribution in [-0.4, -0.2) is 47.8 Å². The molecule has 0 spiro atoms. The van der Waals surface area contributed by atoms with Crippen molar-refractivity contribution in [1.29, 1.82) is 0 Å². The van der Waals surface area contributed by atoms with Crippen LogP contribution in [0.5, 0.6) is 5.75 Å². The molecule has 1 aromatic rings. The van der Waals surface area contributed by atoms with Crippen molar-refractivity contribution >= 4 is 5.91 Å². The Morgan fingerprint density at radius 2 is 2.16 bits per heavy atom. The number of likely N-dealkylation sites (tertiary alicyclic amines) is 1. The fourth-order valence-corrected chi connectivity index (χ4v) is 2.34. The van der Waals surface area contributed by atoms with Crippen molar-refractivity contribution in [3.63, 3.8) is 0 Å². The van der Waals surface area contributed by atoms with Gasteiger partial charge in [-0.15, -0.1) is 0 Å². The highest BCUT2D eigenvalue weighted by Gasteiger charge is 2.34. The van der Waals surface area contributed by atoms with Gasteiger partial charge in [0.1, 0.15) is 12.4 Å². The van der Waals surface area contributed by atoms with Gasteiger partial charge in [0.25, 0.3) is 0 Å². The van der Waals surface area contributed by atoms with Gasteiger partial charge in [-0.2, -0.15) is 0 Å². The van der Waals surface area contributed by atoms with Gasteiger partial charge in [-0.1, -0.05) is 17.7 Å². The van der Waals surface area contributed by atoms with Crippen LogP contribution in [0.15, 0.2) is 24.3 Å². The summed E-state index contributed by atoms with van der Waals surface area (Å²) in [6.07, 6.45) is -0.0586. The van der Waals surface area contributed by atoms with Gasteiger partial charge in [0, 0.05) is 13.1 Å². The van der Waals surface area contributed by atoms with Crippen LogP contribution in [-0.2, 0) is 4.79 Å². The average molecular weight is 264 g/mol. The van der Waals surface area contributed by atoms with Crippen LogP contribution in [0.3, 0.4) is 0 Å². The van der Waals surface area contributed by atoms with Gasteiger partial charge in [0.05, 0.1) is 12.1 Å². The van der Waals surface area contributed by atoms with Gasteiger partial charge in [-0.05, 0) is 25.5 Å². The van der Waals surface area contributed by atoms with Crippen molar-refractivity contribution in [1.82, 2.24) is 4.90 Å². The summed E-state index contributed by atoms with van der Waals surface area (Å²) in [6, 6.07) is 7.43. The van der Waals surface area contributed by atoms with E-state index in [0.29, 0.717) is 26.1 Å². The minimum Gasteiger partial charge on any atom is -0.492 e. The number of ether oxygens (including phenoxy) is 1. The van der Waals surface area contributed by atoms with Gasteiger partial charge >= 0.3 is 0 Å². The number of aliphatic hydroxyl groups is 1. The Labute approximate surface area is 113 Å². The summed E-state index contributed by atoms with van der Waals surface area (Å²) in [7, 11) is 0. The Hall–Kier alpha value is -1.59. The molecule has 0 aliphatic carbocycles. The molecule has 19 heavy (non-hydrogen) atoms. The highest BCUT2D eigenvalue weighted by molar-refractivity contribution is 5.80. The Morgan fingerprint density at radius 1 is 1.47 bits per heavy atom. The summed E-state index contributed by atoms with van der Waals surface area (Å²) < 4.78 is 5.61. The molecule has 1 aliphatic heterocycles. The zero-order valence-electron chi connectivity index (χ0n) is 11.1. The molecule has 1 amide bonds. The molecule has 0 unspecified atom stereocenters. The SMILES string of the molecule is Cc1ccc(OCCN2C[C@H](O)C[C@@H]2C(N)=O)cc1. The molecule has 1 heterocycles. The molecule has 1 saturated heterocycles. The molecule has 1 aliphatic rings. The second-order valence-corrected chi connectivity index (χ2v) is 4.96. The lowest BCUT2D eigenvalue weighted by atomic mass is 10.2. The molecule has 3 N–H and O–H groups in total. The molecule has 104 valence electrons. The number of hydrogen-bond donors (Lipinski definition) is 2. The van der Waals surface area contributed by atoms with Gasteiger partial charge in [0.2, 0.25) is 5.91 Å². The lowest BCUT2D eigenvalue weighted by molar-refractivity contribution is -0.122. The normalized spacial score (nSPS) is 23.5. The lowest BCUT2D eigenvalue weighted by Crippen LogP contribution is -2.42. The molecule has 0 aromatic heterocycles. The first-order valence-electron chi connectivity index (χ1n) is 6.47. The third kappa shape index (κ3) is 3.68. The summed E-state index contributed by atoms with van der Waals surface area (Å²) in [5.41, 5.74) is 6.50. The molecule has 1 aromatic carbocycles. The van der Waals surface area contributed by atoms with Crippen molar-refractivity contribution in [2.45, 2.75) is 25.5 Å². The first-order valence-corrected chi connectivity index (χ1v) is 6.47. The number of benzene rings is 1. The van der Waals surface area contributed by atoms with Crippen molar-refractivity contribution in [2.75, 3.05) is 19.7 Å². The van der Waals surface area contributed by atoms with Crippen molar-refractivity contribution in [3.8, 4) is 5.75 Å². The minimum atomic E-state index is -0.475. The van der Waals surface area contributed by atoms with Gasteiger partial charge in [-0.25, -0.2) is 0 Å². The van der Waals surface area contributed by atoms with E-state index in [4.69, 9.17) is 10.5 Å². The molecule has 2 rings (SSSR count). The van der Waals surface area contributed by atoms with E-state index in [-0.39, 0.29) is 11.9 Å². The first-order chi connectivity index (χ1) is 9.06. The zero-order chi connectivity index (χ0) is 13.8. The number of aryl methyl sites for hydroxylation is 1. The van der Waals surface area contributed by atoms with Crippen LogP contribution in [0.1, 0.15) is 12.0 Å². The van der Waals surface area contributed by atoms with Crippen molar-refractivity contribution < 1.29 is 14.6 Å². The Bertz CT molecular complexity index is 433. The number of hydrogen-bond acceptors (Lipinski definition) is 4. The van der Waals surface area contributed by atoms with Gasteiger partial charge < -0.3 is 15.6 Å². The number of carbonyl (C=O) groups excluding carboxylic acids is 1. The number of primary amides is 1. The van der Waals surface area contributed by atoms with Crippen molar-refractivity contribution in [3.05, 3.63) is 29.8 Å². The molecule has 1 fully saturated rings. The topological polar surface area (TPSA) is 75.8 Å². The number of rotatable bonds is 5. The number of nitrogens with two attached hydrogens (primary N) is 1. The summed E-state index contributed by atoms with van der Waals surface area (Å²) in [5.74, 6) is 0.424. The predicted molar refractivity (Wildman–Crippen MR) is 71.9 cm³/mol. The van der Waals surface area contributed by atoms with E-state index < -0.39 is 6.10 Å². The maximum absolute atomic E-state index is 11.3. The quantitative estimate of drug-likeness (QED) is 0.801. The summed E-state index contributed by atoms with van der Waals surface area (Å²) >= 11 is 0. The van der Waals surface area contributed by atoms with Crippen LogP contribution in [0.2, 0.25) is 0 Å². The molecule has 2 atom stereocenters. The van der Waals surface area contributed by atoms with E-state index in [1.165, 1.54) is 5.56 Å². The number of amides is 1. The molecule has 5 heteroatoms. The summed E-state index contributed by atoms with van der Waals surface area (Å²) in [5, 5.41) is 9.58. The first kappa shape index (κ1) is 13.8.